The molecule has 58 valence electrons. The smallest absolute Gasteiger partial charge is 0.142 e. The third kappa shape index (κ3) is 7.23. The normalized spacial score (nSPS) is 17.8. The van der Waals surface area contributed by atoms with Gasteiger partial charge >= 0.3 is 0 Å². The Labute approximate surface area is 61.6 Å². The first kappa shape index (κ1) is 9.23. The number of hydrogen-bond donors (Lipinski definition) is 0. The van der Waals surface area contributed by atoms with Gasteiger partial charge in [-0.1, -0.05) is 11.2 Å². The van der Waals surface area contributed by atoms with E-state index in [1.807, 2.05) is 6.92 Å². The Hall–Kier alpha value is -0.770. The maximum absolute atomic E-state index is 10.7. The van der Waals surface area contributed by atoms with E-state index in [0.717, 1.165) is 0 Å². The van der Waals surface area contributed by atoms with Crippen molar-refractivity contribution >= 4 is 21.9 Å². The quantitative estimate of drug-likeness (QED) is 0.349. The SMILES string of the molecule is C=S(C)(=O)ON=C/C=C\C. The standard InChI is InChI=1S/C6H11NO2S/c1-4-5-6-7-9-10(2,3)8/h4-6H,2H2,1,3H3/b5-4-,7-6?. The van der Waals surface area contributed by atoms with Crippen LogP contribution in [0.3, 0.4) is 0 Å². The van der Waals surface area contributed by atoms with Crippen LogP contribution in [0.1, 0.15) is 6.92 Å². The van der Waals surface area contributed by atoms with Crippen LogP contribution in [-0.2, 0) is 14.1 Å². The fraction of sp³-hybridized carbons (Fsp3) is 0.333. The first-order chi connectivity index (χ1) is 4.56. The average Bonchev–Trinajstić information content (AvgIpc) is 1.78. The predicted molar refractivity (Wildman–Crippen MR) is 45.6 cm³/mol. The maximum atomic E-state index is 10.7. The van der Waals surface area contributed by atoms with Gasteiger partial charge in [0.05, 0.1) is 6.21 Å². The van der Waals surface area contributed by atoms with Crippen molar-refractivity contribution in [3.05, 3.63) is 12.2 Å². The van der Waals surface area contributed by atoms with E-state index in [4.69, 9.17) is 0 Å². The zero-order valence-corrected chi connectivity index (χ0v) is 6.93. The molecule has 0 radical (unpaired) electrons. The highest BCUT2D eigenvalue weighted by molar-refractivity contribution is 7.95. The summed E-state index contributed by atoms with van der Waals surface area (Å²) in [5.74, 6) is 3.24. The van der Waals surface area contributed by atoms with E-state index in [0.29, 0.717) is 0 Å². The predicted octanol–water partition coefficient (Wildman–Crippen LogP) is 0.826. The third-order valence-electron chi connectivity index (χ3n) is 0.540. The van der Waals surface area contributed by atoms with Crippen molar-refractivity contribution in [1.82, 2.24) is 0 Å². The van der Waals surface area contributed by atoms with E-state index < -0.39 is 9.80 Å². The van der Waals surface area contributed by atoms with Gasteiger partial charge in [-0.3, -0.25) is 0 Å². The molecule has 0 rings (SSSR count). The van der Waals surface area contributed by atoms with Crippen LogP contribution >= 0.6 is 0 Å². The molecule has 0 aliphatic carbocycles. The average molecular weight is 161 g/mol. The Morgan fingerprint density at radius 1 is 1.70 bits per heavy atom. The Morgan fingerprint density at radius 2 is 2.30 bits per heavy atom. The van der Waals surface area contributed by atoms with Crippen molar-refractivity contribution in [3.8, 4) is 0 Å². The number of oxime groups is 1. The minimum atomic E-state index is -2.44. The zero-order chi connectivity index (χ0) is 8.04. The number of rotatable bonds is 3. The molecule has 0 spiro atoms. The van der Waals surface area contributed by atoms with Crippen LogP contribution in [-0.4, -0.2) is 22.5 Å². The van der Waals surface area contributed by atoms with E-state index >= 15 is 0 Å². The molecule has 0 aliphatic heterocycles. The van der Waals surface area contributed by atoms with Gasteiger partial charge in [0.1, 0.15) is 9.80 Å². The summed E-state index contributed by atoms with van der Waals surface area (Å²) < 4.78 is 15.1. The summed E-state index contributed by atoms with van der Waals surface area (Å²) >= 11 is 0. The number of nitrogens with zero attached hydrogens (tertiary/aromatic N) is 1. The van der Waals surface area contributed by atoms with Crippen molar-refractivity contribution in [2.45, 2.75) is 6.92 Å². The molecule has 0 amide bonds. The molecular weight excluding hydrogens is 150 g/mol. The molecule has 4 heteroatoms. The minimum absolute atomic E-state index is 1.38. The summed E-state index contributed by atoms with van der Waals surface area (Å²) in [5, 5.41) is 3.38. The molecule has 1 atom stereocenters. The van der Waals surface area contributed by atoms with Gasteiger partial charge < -0.3 is 4.28 Å². The van der Waals surface area contributed by atoms with Gasteiger partial charge in [-0.05, 0) is 18.9 Å². The van der Waals surface area contributed by atoms with Gasteiger partial charge in [-0.15, -0.1) is 0 Å². The van der Waals surface area contributed by atoms with Crippen molar-refractivity contribution in [3.63, 3.8) is 0 Å². The van der Waals surface area contributed by atoms with E-state index in [-0.39, 0.29) is 0 Å². The fourth-order valence-electron chi connectivity index (χ4n) is 0.237. The van der Waals surface area contributed by atoms with E-state index in [1.165, 1.54) is 12.5 Å². The highest BCUT2D eigenvalue weighted by atomic mass is 32.2. The Balaban J connectivity index is 3.76. The molecule has 10 heavy (non-hydrogen) atoms. The number of allylic oxidation sites excluding steroid dienone is 2. The fourth-order valence-corrected chi connectivity index (χ4v) is 0.469. The van der Waals surface area contributed by atoms with Crippen molar-refractivity contribution in [1.29, 1.82) is 0 Å². The van der Waals surface area contributed by atoms with Crippen LogP contribution in [0, 0.1) is 0 Å². The van der Waals surface area contributed by atoms with Crippen LogP contribution < -0.4 is 0 Å². The van der Waals surface area contributed by atoms with Crippen LogP contribution in [0.15, 0.2) is 17.3 Å². The topological polar surface area (TPSA) is 38.7 Å². The van der Waals surface area contributed by atoms with Crippen molar-refractivity contribution in [2.24, 2.45) is 5.16 Å². The number of hydrogen-bond acceptors (Lipinski definition) is 3. The molecule has 0 aromatic heterocycles. The molecule has 0 fully saturated rings. The van der Waals surface area contributed by atoms with Crippen LogP contribution in [0.5, 0.6) is 0 Å². The first-order valence-electron chi connectivity index (χ1n) is 2.72. The molecule has 0 bridgehead atoms. The lowest BCUT2D eigenvalue weighted by Gasteiger charge is -1.94. The summed E-state index contributed by atoms with van der Waals surface area (Å²) in [7, 11) is -2.44. The van der Waals surface area contributed by atoms with Gasteiger partial charge in [0.25, 0.3) is 0 Å². The molecule has 1 unspecified atom stereocenters. The summed E-state index contributed by atoms with van der Waals surface area (Å²) in [5.41, 5.74) is 0. The molecule has 0 saturated carbocycles. The molecule has 0 aromatic carbocycles. The second-order valence-corrected chi connectivity index (χ2v) is 3.78. The Kier molecular flexibility index (Phi) is 3.79. The molecule has 0 aromatic rings. The van der Waals surface area contributed by atoms with Crippen molar-refractivity contribution < 1.29 is 8.49 Å². The second kappa shape index (κ2) is 4.11. The van der Waals surface area contributed by atoms with Gasteiger partial charge in [0, 0.05) is 6.26 Å². The molecular formula is C6H11NO2S. The molecule has 3 nitrogen and oxygen atoms in total. The first-order valence-corrected chi connectivity index (χ1v) is 4.78. The van der Waals surface area contributed by atoms with Gasteiger partial charge in [-0.2, -0.15) is 0 Å². The lowest BCUT2D eigenvalue weighted by Crippen LogP contribution is -1.95. The summed E-state index contributed by atoms with van der Waals surface area (Å²) in [4.78, 5) is 0. The molecule has 0 saturated heterocycles. The lowest BCUT2D eigenvalue weighted by molar-refractivity contribution is 0.377. The molecule has 0 aliphatic rings. The van der Waals surface area contributed by atoms with Gasteiger partial charge in [0.15, 0.2) is 0 Å². The largest absolute Gasteiger partial charge is 0.304 e. The van der Waals surface area contributed by atoms with E-state index in [1.54, 1.807) is 12.2 Å². The van der Waals surface area contributed by atoms with Crippen LogP contribution in [0.25, 0.3) is 0 Å². The highest BCUT2D eigenvalue weighted by Crippen LogP contribution is 1.85. The van der Waals surface area contributed by atoms with Gasteiger partial charge in [-0.25, -0.2) is 4.21 Å². The monoisotopic (exact) mass is 161 g/mol. The Bertz CT molecular complexity index is 226. The Morgan fingerprint density at radius 3 is 2.70 bits per heavy atom. The highest BCUT2D eigenvalue weighted by Gasteiger charge is 1.87. The summed E-state index contributed by atoms with van der Waals surface area (Å²) in [6, 6.07) is 0. The summed E-state index contributed by atoms with van der Waals surface area (Å²) in [6.07, 6.45) is 6.24. The summed E-state index contributed by atoms with van der Waals surface area (Å²) in [6.45, 7) is 1.85. The molecule has 0 N–H and O–H groups in total. The molecule has 0 heterocycles. The van der Waals surface area contributed by atoms with E-state index in [9.17, 15) is 4.21 Å². The van der Waals surface area contributed by atoms with Gasteiger partial charge in [0.2, 0.25) is 0 Å². The zero-order valence-electron chi connectivity index (χ0n) is 6.11. The third-order valence-corrected chi connectivity index (χ3v) is 0.941. The van der Waals surface area contributed by atoms with Crippen molar-refractivity contribution in [2.75, 3.05) is 6.26 Å². The maximum Gasteiger partial charge on any atom is 0.142 e. The van der Waals surface area contributed by atoms with E-state index in [2.05, 4.69) is 15.3 Å². The second-order valence-electron chi connectivity index (χ2n) is 1.78. The van der Waals surface area contributed by atoms with Crippen LogP contribution in [0.2, 0.25) is 0 Å². The van der Waals surface area contributed by atoms with Crippen LogP contribution in [0.4, 0.5) is 0 Å². The lowest BCUT2D eigenvalue weighted by atomic mass is 10.6. The minimum Gasteiger partial charge on any atom is -0.304 e.